The minimum Gasteiger partial charge on any atom is -0.423 e. The summed E-state index contributed by atoms with van der Waals surface area (Å²) in [4.78, 5) is 19.3. The number of rotatable bonds is 4. The Labute approximate surface area is 225 Å². The summed E-state index contributed by atoms with van der Waals surface area (Å²) in [7, 11) is 0. The third-order valence-electron chi connectivity index (χ3n) is 7.93. The van der Waals surface area contributed by atoms with Gasteiger partial charge in [-0.15, -0.1) is 0 Å². The molecule has 2 aliphatic rings. The third-order valence-corrected chi connectivity index (χ3v) is 7.93. The Kier molecular flexibility index (Phi) is 5.33. The van der Waals surface area contributed by atoms with Crippen molar-refractivity contribution >= 4 is 45.4 Å². The number of oxime groups is 1. The second kappa shape index (κ2) is 8.79. The molecule has 2 aromatic carbocycles. The molecule has 0 unspecified atom stereocenters. The van der Waals surface area contributed by atoms with E-state index < -0.39 is 0 Å². The van der Waals surface area contributed by atoms with E-state index in [1.54, 1.807) is 0 Å². The van der Waals surface area contributed by atoms with Crippen molar-refractivity contribution in [3.05, 3.63) is 53.9 Å². The molecule has 0 radical (unpaired) electrons. The van der Waals surface area contributed by atoms with Crippen LogP contribution in [0, 0.1) is 13.8 Å². The lowest BCUT2D eigenvalue weighted by Gasteiger charge is -2.34. The molecule has 0 saturated heterocycles. The predicted molar refractivity (Wildman–Crippen MR) is 151 cm³/mol. The Bertz CT molecular complexity index is 1740. The molecule has 3 aromatic heterocycles. The van der Waals surface area contributed by atoms with Gasteiger partial charge < -0.3 is 20.3 Å². The van der Waals surface area contributed by atoms with Crippen molar-refractivity contribution < 1.29 is 9.25 Å². The van der Waals surface area contributed by atoms with Gasteiger partial charge in [0.05, 0.1) is 17.1 Å². The zero-order chi connectivity index (χ0) is 26.7. The molecule has 39 heavy (non-hydrogen) atoms. The van der Waals surface area contributed by atoms with Gasteiger partial charge in [0, 0.05) is 17.7 Å². The summed E-state index contributed by atoms with van der Waals surface area (Å²) in [6.07, 6.45) is 6.17. The molecule has 1 fully saturated rings. The van der Waals surface area contributed by atoms with E-state index in [0.29, 0.717) is 11.8 Å². The van der Waals surface area contributed by atoms with Crippen LogP contribution >= 0.6 is 0 Å². The number of hydrogen-bond acceptors (Lipinski definition) is 9. The fraction of sp³-hybridized carbons (Fsp3) is 0.345. The van der Waals surface area contributed by atoms with Gasteiger partial charge in [-0.1, -0.05) is 23.4 Å². The largest absolute Gasteiger partial charge is 0.423 e. The van der Waals surface area contributed by atoms with E-state index in [2.05, 4.69) is 38.4 Å². The predicted octanol–water partition coefficient (Wildman–Crippen LogP) is 6.23. The first-order valence-electron chi connectivity index (χ1n) is 13.3. The first kappa shape index (κ1) is 23.6. The van der Waals surface area contributed by atoms with Crippen molar-refractivity contribution in [3.63, 3.8) is 0 Å². The topological polar surface area (TPSA) is 129 Å². The molecule has 5 aromatic rings. The van der Waals surface area contributed by atoms with E-state index in [4.69, 9.17) is 20.1 Å². The summed E-state index contributed by atoms with van der Waals surface area (Å²) in [5, 5.41) is 13.3. The van der Waals surface area contributed by atoms with Crippen molar-refractivity contribution in [2.24, 2.45) is 5.16 Å². The van der Waals surface area contributed by atoms with E-state index in [1.807, 2.05) is 48.9 Å². The van der Waals surface area contributed by atoms with E-state index in [0.717, 1.165) is 88.0 Å². The molecule has 198 valence electrons. The quantitative estimate of drug-likeness (QED) is 0.284. The average molecular weight is 523 g/mol. The molecule has 1 spiro atoms. The van der Waals surface area contributed by atoms with Crippen LogP contribution in [0.3, 0.4) is 0 Å². The molecule has 7 rings (SSSR count). The minimum atomic E-state index is -0.157. The average Bonchev–Trinajstić information content (AvgIpc) is 3.61. The number of nitrogens with two attached hydrogens (primary N) is 1. The highest BCUT2D eigenvalue weighted by molar-refractivity contribution is 5.98. The molecule has 1 aliphatic heterocycles. The number of nitrogens with one attached hydrogen (secondary N) is 1. The molecule has 0 bridgehead atoms. The molecule has 0 amide bonds. The zero-order valence-electron chi connectivity index (χ0n) is 22.2. The number of nitrogen functional groups attached to an aromatic ring is 1. The minimum absolute atomic E-state index is 0.157. The highest BCUT2D eigenvalue weighted by Crippen LogP contribution is 2.43. The standard InChI is InChI=1S/C29H30N8O2/c1-16-12-17(2)25-22(13-16)34-28(38-25)33-20-6-4-19(5-7-20)24-23-26(30)31-15-32-27(23)37(35-24)21-8-10-29(11-9-21)14-18(3)36-39-29/h4-7,12-13,15,21H,8-11,14H2,1-3H3,(H,33,34)(H2,30,31,32). The summed E-state index contributed by atoms with van der Waals surface area (Å²) in [5.41, 5.74) is 14.5. The lowest BCUT2D eigenvalue weighted by atomic mass is 9.79. The molecule has 10 nitrogen and oxygen atoms in total. The van der Waals surface area contributed by atoms with Crippen LogP contribution in [0.1, 0.15) is 56.2 Å². The van der Waals surface area contributed by atoms with Gasteiger partial charge >= 0.3 is 0 Å². The van der Waals surface area contributed by atoms with Gasteiger partial charge in [0.2, 0.25) is 0 Å². The fourth-order valence-corrected chi connectivity index (χ4v) is 6.06. The summed E-state index contributed by atoms with van der Waals surface area (Å²) < 4.78 is 8.00. The number of benzene rings is 2. The monoisotopic (exact) mass is 522 g/mol. The van der Waals surface area contributed by atoms with Crippen molar-refractivity contribution in [1.82, 2.24) is 24.7 Å². The molecule has 1 aliphatic carbocycles. The molecule has 3 N–H and O–H groups in total. The Hall–Kier alpha value is -4.47. The SMILES string of the molecule is CC1=NOC2(CCC(n3nc(-c4ccc(Nc5nc6cc(C)cc(C)c6o5)cc4)c4c(N)ncnc43)CC2)C1. The van der Waals surface area contributed by atoms with Crippen molar-refractivity contribution in [1.29, 1.82) is 0 Å². The molecule has 0 atom stereocenters. The number of nitrogens with zero attached hydrogens (tertiary/aromatic N) is 6. The number of anilines is 3. The van der Waals surface area contributed by atoms with Gasteiger partial charge in [-0.3, -0.25) is 0 Å². The lowest BCUT2D eigenvalue weighted by Crippen LogP contribution is -2.35. The summed E-state index contributed by atoms with van der Waals surface area (Å²) >= 11 is 0. The Morgan fingerprint density at radius 3 is 2.59 bits per heavy atom. The van der Waals surface area contributed by atoms with E-state index in [9.17, 15) is 0 Å². The van der Waals surface area contributed by atoms with Crippen molar-refractivity contribution in [2.45, 2.75) is 64.5 Å². The van der Waals surface area contributed by atoms with Gasteiger partial charge in [0.1, 0.15) is 29.0 Å². The van der Waals surface area contributed by atoms with Crippen LogP contribution in [-0.2, 0) is 4.84 Å². The highest BCUT2D eigenvalue weighted by Gasteiger charge is 2.42. The molecular formula is C29H30N8O2. The van der Waals surface area contributed by atoms with Gasteiger partial charge in [0.25, 0.3) is 6.01 Å². The van der Waals surface area contributed by atoms with Crippen LogP contribution in [0.5, 0.6) is 0 Å². The van der Waals surface area contributed by atoms with Crippen LogP contribution in [-0.4, -0.2) is 36.0 Å². The maximum Gasteiger partial charge on any atom is 0.300 e. The van der Waals surface area contributed by atoms with Gasteiger partial charge in [-0.2, -0.15) is 10.1 Å². The Balaban J connectivity index is 1.17. The fourth-order valence-electron chi connectivity index (χ4n) is 6.06. The van der Waals surface area contributed by atoms with Crippen LogP contribution in [0.25, 0.3) is 33.4 Å². The summed E-state index contributed by atoms with van der Waals surface area (Å²) in [6, 6.07) is 12.8. The lowest BCUT2D eigenvalue weighted by molar-refractivity contribution is -0.0533. The number of aryl methyl sites for hydroxylation is 2. The van der Waals surface area contributed by atoms with Gasteiger partial charge in [-0.25, -0.2) is 14.6 Å². The van der Waals surface area contributed by atoms with Crippen LogP contribution in [0.15, 0.2) is 52.3 Å². The van der Waals surface area contributed by atoms with E-state index in [1.165, 1.54) is 6.33 Å². The normalized spacial score (nSPS) is 21.0. The van der Waals surface area contributed by atoms with Gasteiger partial charge in [0.15, 0.2) is 11.2 Å². The first-order valence-corrected chi connectivity index (χ1v) is 13.3. The Morgan fingerprint density at radius 2 is 1.85 bits per heavy atom. The van der Waals surface area contributed by atoms with Crippen LogP contribution in [0.2, 0.25) is 0 Å². The first-order chi connectivity index (χ1) is 18.9. The number of fused-ring (bicyclic) bond motifs is 2. The highest BCUT2D eigenvalue weighted by atomic mass is 16.7. The third kappa shape index (κ3) is 4.07. The van der Waals surface area contributed by atoms with Gasteiger partial charge in [-0.05, 0) is 75.8 Å². The Morgan fingerprint density at radius 1 is 1.05 bits per heavy atom. The molecule has 1 saturated carbocycles. The van der Waals surface area contributed by atoms with E-state index >= 15 is 0 Å². The van der Waals surface area contributed by atoms with E-state index in [-0.39, 0.29) is 11.6 Å². The zero-order valence-corrected chi connectivity index (χ0v) is 22.2. The number of oxazole rings is 1. The second-order valence-electron chi connectivity index (χ2n) is 10.9. The molecule has 10 heteroatoms. The van der Waals surface area contributed by atoms with Crippen molar-refractivity contribution in [3.8, 4) is 11.3 Å². The van der Waals surface area contributed by atoms with Crippen LogP contribution < -0.4 is 11.1 Å². The summed E-state index contributed by atoms with van der Waals surface area (Å²) in [5.74, 6) is 0.427. The second-order valence-corrected chi connectivity index (χ2v) is 10.9. The maximum atomic E-state index is 6.37. The number of hydrogen-bond donors (Lipinski definition) is 2. The maximum absolute atomic E-state index is 6.37. The van der Waals surface area contributed by atoms with Crippen molar-refractivity contribution in [2.75, 3.05) is 11.1 Å². The summed E-state index contributed by atoms with van der Waals surface area (Å²) in [6.45, 7) is 6.12. The molecular weight excluding hydrogens is 492 g/mol. The van der Waals surface area contributed by atoms with Crippen LogP contribution in [0.4, 0.5) is 17.5 Å². The molecule has 4 heterocycles. The number of aromatic nitrogens is 5. The smallest absolute Gasteiger partial charge is 0.300 e.